The molecule has 1 aromatic heterocycles. The van der Waals surface area contributed by atoms with E-state index < -0.39 is 36.2 Å². The molecule has 1 aliphatic heterocycles. The monoisotopic (exact) mass is 439 g/mol. The second kappa shape index (κ2) is 8.35. The lowest BCUT2D eigenvalue weighted by atomic mass is 9.90. The number of carbonyl (C=O) groups excluding carboxylic acids is 3. The Kier molecular flexibility index (Phi) is 5.73. The lowest BCUT2D eigenvalue weighted by Crippen LogP contribution is -2.58. The molecule has 1 saturated heterocycles. The normalized spacial score (nSPS) is 21.8. The minimum Gasteiger partial charge on any atom is -0.367 e. The van der Waals surface area contributed by atoms with Crippen molar-refractivity contribution in [2.45, 2.75) is 38.5 Å². The van der Waals surface area contributed by atoms with Crippen LogP contribution in [0, 0.1) is 11.8 Å². The van der Waals surface area contributed by atoms with Crippen LogP contribution in [-0.2, 0) is 9.59 Å². The smallest absolute Gasteiger partial charge is 0.232 e. The highest BCUT2D eigenvalue weighted by atomic mass is 19.1. The maximum atomic E-state index is 13.4. The molecule has 8 heteroatoms. The molecule has 0 aliphatic carbocycles. The molecule has 32 heavy (non-hydrogen) atoms. The molecule has 7 nitrogen and oxygen atoms in total. The van der Waals surface area contributed by atoms with Crippen molar-refractivity contribution in [1.82, 2.24) is 15.2 Å². The zero-order valence-corrected chi connectivity index (χ0v) is 18.0. The Labute approximate surface area is 184 Å². The SMILES string of the molecule is CC(C)[C@@H](CC(=O)n1c2ccccc2c2ccccc21)C(=O)NC1CC(=O)NC1(O)CF. The Morgan fingerprint density at radius 3 is 2.25 bits per heavy atom. The molecule has 1 aliphatic rings. The first-order chi connectivity index (χ1) is 15.2. The van der Waals surface area contributed by atoms with E-state index in [1.165, 1.54) is 0 Å². The number of rotatable bonds is 6. The van der Waals surface area contributed by atoms with Gasteiger partial charge in [0.1, 0.15) is 6.67 Å². The van der Waals surface area contributed by atoms with E-state index in [1.807, 2.05) is 62.4 Å². The third-order valence-electron chi connectivity index (χ3n) is 6.21. The Balaban J connectivity index is 1.62. The van der Waals surface area contributed by atoms with Crippen LogP contribution in [0.2, 0.25) is 0 Å². The van der Waals surface area contributed by atoms with Crippen LogP contribution >= 0.6 is 0 Å². The van der Waals surface area contributed by atoms with Gasteiger partial charge < -0.3 is 15.7 Å². The van der Waals surface area contributed by atoms with Crippen LogP contribution in [-0.4, -0.2) is 45.8 Å². The van der Waals surface area contributed by atoms with E-state index in [0.717, 1.165) is 21.8 Å². The first-order valence-corrected chi connectivity index (χ1v) is 10.7. The fourth-order valence-corrected chi connectivity index (χ4v) is 4.41. The molecule has 2 aromatic carbocycles. The van der Waals surface area contributed by atoms with Crippen LogP contribution in [0.1, 0.15) is 31.5 Å². The number of benzene rings is 2. The fraction of sp³-hybridized carbons (Fsp3) is 0.375. The zero-order valence-electron chi connectivity index (χ0n) is 18.0. The summed E-state index contributed by atoms with van der Waals surface area (Å²) in [6.45, 7) is 2.42. The van der Waals surface area contributed by atoms with Crippen molar-refractivity contribution in [3.8, 4) is 0 Å². The van der Waals surface area contributed by atoms with Gasteiger partial charge in [0.15, 0.2) is 5.72 Å². The van der Waals surface area contributed by atoms with Gasteiger partial charge >= 0.3 is 0 Å². The number of alkyl halides is 1. The molecule has 3 N–H and O–H groups in total. The molecule has 4 rings (SSSR count). The quantitative estimate of drug-likeness (QED) is 0.550. The molecule has 3 atom stereocenters. The van der Waals surface area contributed by atoms with E-state index in [1.54, 1.807) is 4.57 Å². The summed E-state index contributed by atoms with van der Waals surface area (Å²) in [7, 11) is 0. The number of amides is 2. The number of hydrogen-bond donors (Lipinski definition) is 3. The maximum Gasteiger partial charge on any atom is 0.232 e. The number of nitrogens with one attached hydrogen (secondary N) is 2. The highest BCUT2D eigenvalue weighted by Gasteiger charge is 2.47. The maximum absolute atomic E-state index is 13.4. The summed E-state index contributed by atoms with van der Waals surface area (Å²) in [5.74, 6) is -2.20. The van der Waals surface area contributed by atoms with Crippen LogP contribution in [0.15, 0.2) is 48.5 Å². The number of fused-ring (bicyclic) bond motifs is 3. The van der Waals surface area contributed by atoms with Crippen LogP contribution in [0.5, 0.6) is 0 Å². The van der Waals surface area contributed by atoms with Gasteiger partial charge in [-0.15, -0.1) is 0 Å². The van der Waals surface area contributed by atoms with E-state index in [4.69, 9.17) is 0 Å². The van der Waals surface area contributed by atoms with E-state index in [2.05, 4.69) is 10.6 Å². The fourth-order valence-electron chi connectivity index (χ4n) is 4.41. The van der Waals surface area contributed by atoms with Crippen LogP contribution in [0.25, 0.3) is 21.8 Å². The van der Waals surface area contributed by atoms with Gasteiger partial charge in [-0.1, -0.05) is 50.2 Å². The summed E-state index contributed by atoms with van der Waals surface area (Å²) >= 11 is 0. The minimum absolute atomic E-state index is 0.0751. The van der Waals surface area contributed by atoms with Gasteiger partial charge in [-0.25, -0.2) is 4.39 Å². The van der Waals surface area contributed by atoms with E-state index >= 15 is 0 Å². The Hall–Kier alpha value is -3.26. The number of nitrogens with zero attached hydrogens (tertiary/aromatic N) is 1. The summed E-state index contributed by atoms with van der Waals surface area (Å²) in [6, 6.07) is 14.1. The predicted molar refractivity (Wildman–Crippen MR) is 119 cm³/mol. The molecule has 2 unspecified atom stereocenters. The molecular formula is C24H26FN3O4. The molecule has 0 saturated carbocycles. The van der Waals surface area contributed by atoms with Crippen LogP contribution in [0.4, 0.5) is 4.39 Å². The van der Waals surface area contributed by atoms with Crippen molar-refractivity contribution >= 4 is 39.5 Å². The number of hydrogen-bond acceptors (Lipinski definition) is 4. The van der Waals surface area contributed by atoms with Gasteiger partial charge in [-0.3, -0.25) is 19.0 Å². The number of aromatic nitrogens is 1. The van der Waals surface area contributed by atoms with Crippen LogP contribution < -0.4 is 10.6 Å². The number of aliphatic hydroxyl groups is 1. The van der Waals surface area contributed by atoms with Gasteiger partial charge in [-0.2, -0.15) is 0 Å². The highest BCUT2D eigenvalue weighted by Crippen LogP contribution is 2.30. The molecule has 168 valence electrons. The molecule has 1 fully saturated rings. The highest BCUT2D eigenvalue weighted by molar-refractivity contribution is 6.13. The lowest BCUT2D eigenvalue weighted by molar-refractivity contribution is -0.130. The van der Waals surface area contributed by atoms with E-state index in [-0.39, 0.29) is 24.7 Å². The summed E-state index contributed by atoms with van der Waals surface area (Å²) in [4.78, 5) is 38.1. The van der Waals surface area contributed by atoms with Crippen molar-refractivity contribution in [3.63, 3.8) is 0 Å². The van der Waals surface area contributed by atoms with Crippen molar-refractivity contribution in [3.05, 3.63) is 48.5 Å². The van der Waals surface area contributed by atoms with Crippen molar-refractivity contribution in [2.24, 2.45) is 11.8 Å². The summed E-state index contributed by atoms with van der Waals surface area (Å²) in [5, 5.41) is 16.9. The number of carbonyl (C=O) groups is 3. The second-order valence-corrected chi connectivity index (χ2v) is 8.69. The Morgan fingerprint density at radius 2 is 1.72 bits per heavy atom. The Morgan fingerprint density at radius 1 is 1.16 bits per heavy atom. The average Bonchev–Trinajstić information content (AvgIpc) is 3.25. The van der Waals surface area contributed by atoms with Gasteiger partial charge in [0.2, 0.25) is 17.7 Å². The average molecular weight is 439 g/mol. The third-order valence-corrected chi connectivity index (χ3v) is 6.21. The summed E-state index contributed by atoms with van der Waals surface area (Å²) in [5.41, 5.74) is -0.608. The van der Waals surface area contributed by atoms with Crippen LogP contribution in [0.3, 0.4) is 0 Å². The van der Waals surface area contributed by atoms with Crippen molar-refractivity contribution in [1.29, 1.82) is 0 Å². The largest absolute Gasteiger partial charge is 0.367 e. The summed E-state index contributed by atoms with van der Waals surface area (Å²) in [6.07, 6.45) is -0.299. The standard InChI is InChI=1S/C24H26FN3O4/c1-14(2)17(23(31)26-20-12-21(29)27-24(20,32)13-25)11-22(30)28-18-9-5-3-7-15(18)16-8-4-6-10-19(16)28/h3-10,14,17,20,32H,11-13H2,1-2H3,(H,26,31)(H,27,29)/t17-,20?,24?/m1/s1. The molecule has 0 spiro atoms. The third kappa shape index (κ3) is 3.75. The van der Waals surface area contributed by atoms with E-state index in [9.17, 15) is 23.9 Å². The molecule has 2 amide bonds. The van der Waals surface area contributed by atoms with Gasteiger partial charge in [0.05, 0.1) is 23.5 Å². The molecule has 0 radical (unpaired) electrons. The van der Waals surface area contributed by atoms with Gasteiger partial charge in [0, 0.05) is 23.1 Å². The zero-order chi connectivity index (χ0) is 23.0. The molecule has 2 heterocycles. The second-order valence-electron chi connectivity index (χ2n) is 8.69. The topological polar surface area (TPSA) is 100 Å². The van der Waals surface area contributed by atoms with Crippen molar-refractivity contribution < 1.29 is 23.9 Å². The lowest BCUT2D eigenvalue weighted by Gasteiger charge is -2.29. The first kappa shape index (κ1) is 22.0. The molecule has 3 aromatic rings. The molecular weight excluding hydrogens is 413 g/mol. The molecule has 0 bridgehead atoms. The van der Waals surface area contributed by atoms with Crippen molar-refractivity contribution in [2.75, 3.05) is 6.67 Å². The van der Waals surface area contributed by atoms with E-state index in [0.29, 0.717) is 0 Å². The number of para-hydroxylation sites is 2. The predicted octanol–water partition coefficient (Wildman–Crippen LogP) is 2.76. The van der Waals surface area contributed by atoms with Gasteiger partial charge in [0.25, 0.3) is 0 Å². The van der Waals surface area contributed by atoms with Gasteiger partial charge in [-0.05, 0) is 18.1 Å². The summed E-state index contributed by atoms with van der Waals surface area (Å²) < 4.78 is 15.0. The number of halogens is 1. The minimum atomic E-state index is -2.13. The first-order valence-electron chi connectivity index (χ1n) is 10.7. The Bertz CT molecular complexity index is 1150.